The Kier molecular flexibility index (Phi) is 10.2. The van der Waals surface area contributed by atoms with Gasteiger partial charge in [0.1, 0.15) is 17.3 Å². The maximum atomic E-state index is 12.9. The molecule has 0 saturated carbocycles. The van der Waals surface area contributed by atoms with Crippen LogP contribution in [0.25, 0.3) is 5.76 Å². The Bertz CT molecular complexity index is 1230. The highest BCUT2D eigenvalue weighted by molar-refractivity contribution is 5.91. The van der Waals surface area contributed by atoms with Gasteiger partial charge in [-0.15, -0.1) is 0 Å². The molecular weight excluding hydrogens is 493 g/mol. The summed E-state index contributed by atoms with van der Waals surface area (Å²) >= 11 is 0. The minimum absolute atomic E-state index is 0.0476. The second-order valence-electron chi connectivity index (χ2n) is 8.90. The van der Waals surface area contributed by atoms with Crippen LogP contribution in [0.2, 0.25) is 0 Å². The third-order valence-corrected chi connectivity index (χ3v) is 5.67. The Morgan fingerprint density at radius 2 is 1.89 bits per heavy atom. The number of rotatable bonds is 9. The van der Waals surface area contributed by atoms with Crippen molar-refractivity contribution in [2.75, 3.05) is 0 Å². The lowest BCUT2D eigenvalue weighted by atomic mass is 10.0. The van der Waals surface area contributed by atoms with Crippen molar-refractivity contribution < 1.29 is 22.6 Å². The standard InChI is InChI=1S/C29H33F3N4O2/c1-2-3-11-25(38-27(35)13-5-8-20-7-4-9-22(18-20)29(30,31)32)21-14-16-24(17-15-21)37-28-19-23(33)10-6-12-26(34)36-28/h4,7,9,11-12,14-19,35H,2-3,5-6,8,10,13,33-34H2,1H3/b23-19+,25-11-,26-12-,35-27?,36-28+. The van der Waals surface area contributed by atoms with Crippen molar-refractivity contribution in [1.29, 1.82) is 5.41 Å². The van der Waals surface area contributed by atoms with E-state index in [1.807, 2.05) is 25.1 Å². The van der Waals surface area contributed by atoms with Crippen molar-refractivity contribution in [1.82, 2.24) is 0 Å². The van der Waals surface area contributed by atoms with Crippen LogP contribution in [0.3, 0.4) is 0 Å². The average molecular weight is 527 g/mol. The number of unbranched alkanes of at least 4 members (excludes halogenated alkanes) is 1. The van der Waals surface area contributed by atoms with Crippen LogP contribution >= 0.6 is 0 Å². The number of ether oxygens (including phenoxy) is 2. The molecule has 2 aromatic rings. The average Bonchev–Trinajstić information content (AvgIpc) is 2.86. The molecule has 0 bridgehead atoms. The molecule has 9 heteroatoms. The van der Waals surface area contributed by atoms with Gasteiger partial charge < -0.3 is 20.9 Å². The van der Waals surface area contributed by atoms with Crippen LogP contribution in [0.5, 0.6) is 5.75 Å². The fourth-order valence-electron chi connectivity index (χ4n) is 3.72. The Labute approximate surface area is 221 Å². The molecule has 0 aromatic heterocycles. The lowest BCUT2D eigenvalue weighted by Crippen LogP contribution is -2.13. The first kappa shape index (κ1) is 28.6. The normalized spacial score (nSPS) is 18.6. The van der Waals surface area contributed by atoms with Crippen LogP contribution in [-0.4, -0.2) is 11.8 Å². The van der Waals surface area contributed by atoms with Crippen molar-refractivity contribution in [2.45, 2.75) is 58.0 Å². The number of nitrogens with one attached hydrogen (secondary N) is 1. The molecule has 0 aliphatic carbocycles. The number of hydrogen-bond acceptors (Lipinski definition) is 6. The van der Waals surface area contributed by atoms with Gasteiger partial charge in [-0.05, 0) is 80.2 Å². The molecule has 0 fully saturated rings. The number of alkyl halides is 3. The quantitative estimate of drug-likeness (QED) is 0.184. The summed E-state index contributed by atoms with van der Waals surface area (Å²) in [6, 6.07) is 12.4. The highest BCUT2D eigenvalue weighted by atomic mass is 19.4. The van der Waals surface area contributed by atoms with E-state index in [1.54, 1.807) is 30.4 Å². The summed E-state index contributed by atoms with van der Waals surface area (Å²) in [6.45, 7) is 2.04. The minimum Gasteiger partial charge on any atom is -0.443 e. The van der Waals surface area contributed by atoms with E-state index in [4.69, 9.17) is 26.4 Å². The Hall–Kier alpha value is -4.01. The number of hydrogen-bond donors (Lipinski definition) is 3. The lowest BCUT2D eigenvalue weighted by Gasteiger charge is -2.13. The molecule has 1 heterocycles. The minimum atomic E-state index is -4.37. The van der Waals surface area contributed by atoms with Crippen molar-refractivity contribution in [3.8, 4) is 5.75 Å². The number of aliphatic imine (C=N–C) groups is 1. The van der Waals surface area contributed by atoms with Crippen LogP contribution in [0, 0.1) is 5.41 Å². The van der Waals surface area contributed by atoms with Gasteiger partial charge >= 0.3 is 6.18 Å². The van der Waals surface area contributed by atoms with E-state index in [9.17, 15) is 13.2 Å². The summed E-state index contributed by atoms with van der Waals surface area (Å²) in [7, 11) is 0. The summed E-state index contributed by atoms with van der Waals surface area (Å²) in [5.41, 5.74) is 13.2. The Morgan fingerprint density at radius 3 is 2.61 bits per heavy atom. The van der Waals surface area contributed by atoms with Crippen molar-refractivity contribution in [2.24, 2.45) is 16.5 Å². The first-order valence-corrected chi connectivity index (χ1v) is 12.5. The van der Waals surface area contributed by atoms with Gasteiger partial charge in [-0.3, -0.25) is 5.41 Å². The number of nitrogens with zero attached hydrogens (tertiary/aromatic N) is 1. The summed E-state index contributed by atoms with van der Waals surface area (Å²) in [4.78, 5) is 4.24. The van der Waals surface area contributed by atoms with E-state index in [0.717, 1.165) is 30.5 Å². The molecule has 0 unspecified atom stereocenters. The number of benzene rings is 2. The number of nitrogens with two attached hydrogens (primary N) is 2. The maximum Gasteiger partial charge on any atom is 0.416 e. The zero-order valence-corrected chi connectivity index (χ0v) is 21.4. The third-order valence-electron chi connectivity index (χ3n) is 5.67. The first-order valence-electron chi connectivity index (χ1n) is 12.5. The number of allylic oxidation sites excluding steroid dienone is 3. The molecule has 3 rings (SSSR count). The summed E-state index contributed by atoms with van der Waals surface area (Å²) in [6.07, 6.45) is 5.24. The molecular formula is C29H33F3N4O2. The largest absolute Gasteiger partial charge is 0.443 e. The van der Waals surface area contributed by atoms with Gasteiger partial charge in [0, 0.05) is 23.8 Å². The SMILES string of the molecule is CCC/C=C(\OC(=N)CCCc1cccc(C(F)(F)F)c1)c1ccc(OC2=N/C(N)=C\CC/C(N)=C\2)cc1. The van der Waals surface area contributed by atoms with Gasteiger partial charge in [-0.2, -0.15) is 18.2 Å². The molecule has 2 aromatic carbocycles. The monoisotopic (exact) mass is 526 g/mol. The molecule has 0 amide bonds. The van der Waals surface area contributed by atoms with Crippen molar-refractivity contribution in [3.63, 3.8) is 0 Å². The summed E-state index contributed by atoms with van der Waals surface area (Å²) < 4.78 is 50.5. The van der Waals surface area contributed by atoms with Crippen LogP contribution in [0.1, 0.15) is 62.1 Å². The highest BCUT2D eigenvalue weighted by Gasteiger charge is 2.30. The van der Waals surface area contributed by atoms with Gasteiger partial charge in [0.2, 0.25) is 5.90 Å². The molecule has 1 aliphatic rings. The molecule has 0 saturated heterocycles. The number of aryl methyl sites for hydroxylation is 1. The number of halogens is 3. The molecule has 202 valence electrons. The lowest BCUT2D eigenvalue weighted by molar-refractivity contribution is -0.137. The van der Waals surface area contributed by atoms with Crippen molar-refractivity contribution in [3.05, 3.63) is 95.0 Å². The fraction of sp³-hybridized carbons (Fsp3) is 0.310. The Morgan fingerprint density at radius 1 is 1.13 bits per heavy atom. The third kappa shape index (κ3) is 9.14. The van der Waals surface area contributed by atoms with E-state index in [-0.39, 0.29) is 5.90 Å². The molecule has 6 nitrogen and oxygen atoms in total. The van der Waals surface area contributed by atoms with Crippen LogP contribution < -0.4 is 16.2 Å². The van der Waals surface area contributed by atoms with Crippen molar-refractivity contribution >= 4 is 17.6 Å². The highest BCUT2D eigenvalue weighted by Crippen LogP contribution is 2.30. The molecule has 0 spiro atoms. The molecule has 1 aliphatic heterocycles. The topological polar surface area (TPSA) is 107 Å². The van der Waals surface area contributed by atoms with E-state index in [0.29, 0.717) is 66.6 Å². The van der Waals surface area contributed by atoms with Gasteiger partial charge in [-0.1, -0.05) is 31.5 Å². The van der Waals surface area contributed by atoms with E-state index < -0.39 is 11.7 Å². The molecule has 0 radical (unpaired) electrons. The van der Waals surface area contributed by atoms with E-state index >= 15 is 0 Å². The van der Waals surface area contributed by atoms with Gasteiger partial charge in [-0.25, -0.2) is 0 Å². The van der Waals surface area contributed by atoms with E-state index in [1.165, 1.54) is 6.07 Å². The first-order chi connectivity index (χ1) is 18.1. The molecule has 0 atom stereocenters. The predicted molar refractivity (Wildman–Crippen MR) is 144 cm³/mol. The van der Waals surface area contributed by atoms with Gasteiger partial charge in [0.15, 0.2) is 5.90 Å². The van der Waals surface area contributed by atoms with E-state index in [2.05, 4.69) is 4.99 Å². The van der Waals surface area contributed by atoms with Gasteiger partial charge in [0.25, 0.3) is 0 Å². The summed E-state index contributed by atoms with van der Waals surface area (Å²) in [5.74, 6) is 1.79. The zero-order valence-electron chi connectivity index (χ0n) is 21.4. The second-order valence-corrected chi connectivity index (χ2v) is 8.90. The summed E-state index contributed by atoms with van der Waals surface area (Å²) in [5, 5.41) is 8.28. The molecule has 5 N–H and O–H groups in total. The van der Waals surface area contributed by atoms with Gasteiger partial charge in [0.05, 0.1) is 5.56 Å². The molecule has 38 heavy (non-hydrogen) atoms. The second kappa shape index (κ2) is 13.5. The van der Waals surface area contributed by atoms with Crippen LogP contribution in [0.15, 0.2) is 83.3 Å². The predicted octanol–water partition coefficient (Wildman–Crippen LogP) is 7.08. The maximum absolute atomic E-state index is 12.9. The van der Waals surface area contributed by atoms with Crippen LogP contribution in [0.4, 0.5) is 13.2 Å². The fourth-order valence-corrected chi connectivity index (χ4v) is 3.72. The van der Waals surface area contributed by atoms with Crippen LogP contribution in [-0.2, 0) is 17.3 Å². The zero-order chi connectivity index (χ0) is 27.5. The Balaban J connectivity index is 1.62. The smallest absolute Gasteiger partial charge is 0.416 e.